The van der Waals surface area contributed by atoms with E-state index in [9.17, 15) is 4.79 Å². The monoisotopic (exact) mass is 390 g/mol. The zero-order valence-electron chi connectivity index (χ0n) is 17.4. The second-order valence-corrected chi connectivity index (χ2v) is 8.83. The van der Waals surface area contributed by atoms with E-state index in [1.54, 1.807) is 19.0 Å². The van der Waals surface area contributed by atoms with Crippen molar-refractivity contribution in [3.8, 4) is 0 Å². The highest BCUT2D eigenvalue weighted by Crippen LogP contribution is 2.24. The van der Waals surface area contributed by atoms with E-state index in [1.165, 1.54) is 0 Å². The van der Waals surface area contributed by atoms with Gasteiger partial charge in [0.1, 0.15) is 0 Å². The standard InChI is InChI=1S/C21H34N4OS/c1-6-22-21(25-12-13-27-19(15-25)16(2)3)23-11-10-17-8-7-9-18(14-17)20(26)24(4)5/h7-9,14,16,19H,6,10-13,15H2,1-5H3,(H,22,23). The summed E-state index contributed by atoms with van der Waals surface area (Å²) < 4.78 is 0. The van der Waals surface area contributed by atoms with Crippen molar-refractivity contribution in [1.82, 2.24) is 15.1 Å². The second kappa shape index (κ2) is 10.6. The maximum absolute atomic E-state index is 12.1. The van der Waals surface area contributed by atoms with Gasteiger partial charge in [0.15, 0.2) is 5.96 Å². The highest BCUT2D eigenvalue weighted by atomic mass is 32.2. The zero-order chi connectivity index (χ0) is 19.8. The summed E-state index contributed by atoms with van der Waals surface area (Å²) in [4.78, 5) is 21.0. The van der Waals surface area contributed by atoms with Crippen molar-refractivity contribution in [2.45, 2.75) is 32.4 Å². The Kier molecular flexibility index (Phi) is 8.48. The van der Waals surface area contributed by atoms with Crippen LogP contribution < -0.4 is 5.32 Å². The lowest BCUT2D eigenvalue weighted by atomic mass is 10.1. The average Bonchev–Trinajstić information content (AvgIpc) is 2.67. The van der Waals surface area contributed by atoms with Crippen LogP contribution in [-0.4, -0.2) is 72.9 Å². The number of benzene rings is 1. The van der Waals surface area contributed by atoms with E-state index in [4.69, 9.17) is 4.99 Å². The van der Waals surface area contributed by atoms with Crippen LogP contribution >= 0.6 is 11.8 Å². The summed E-state index contributed by atoms with van der Waals surface area (Å²) in [6.07, 6.45) is 0.833. The van der Waals surface area contributed by atoms with Crippen molar-refractivity contribution in [2.24, 2.45) is 10.9 Å². The first-order valence-corrected chi connectivity index (χ1v) is 10.9. The third-order valence-corrected chi connectivity index (χ3v) is 6.25. The van der Waals surface area contributed by atoms with Crippen LogP contribution in [0, 0.1) is 5.92 Å². The van der Waals surface area contributed by atoms with Crippen molar-refractivity contribution in [3.05, 3.63) is 35.4 Å². The molecule has 1 aliphatic rings. The fourth-order valence-electron chi connectivity index (χ4n) is 3.11. The van der Waals surface area contributed by atoms with Crippen LogP contribution in [0.15, 0.2) is 29.3 Å². The van der Waals surface area contributed by atoms with Crippen molar-refractivity contribution in [1.29, 1.82) is 0 Å². The second-order valence-electron chi connectivity index (χ2n) is 7.48. The third kappa shape index (κ3) is 6.45. The Labute approximate surface area is 168 Å². The molecule has 1 aromatic rings. The van der Waals surface area contributed by atoms with Crippen LogP contribution in [0.1, 0.15) is 36.7 Å². The Morgan fingerprint density at radius 1 is 1.41 bits per heavy atom. The number of carbonyl (C=O) groups is 1. The van der Waals surface area contributed by atoms with Gasteiger partial charge in [-0.15, -0.1) is 0 Å². The number of hydrogen-bond donors (Lipinski definition) is 1. The molecule has 1 unspecified atom stereocenters. The normalized spacial score (nSPS) is 17.9. The molecule has 2 rings (SSSR count). The van der Waals surface area contributed by atoms with Gasteiger partial charge in [-0.2, -0.15) is 11.8 Å². The van der Waals surface area contributed by atoms with Gasteiger partial charge in [-0.1, -0.05) is 26.0 Å². The first-order chi connectivity index (χ1) is 12.9. The van der Waals surface area contributed by atoms with E-state index in [2.05, 4.69) is 48.8 Å². The molecule has 6 heteroatoms. The lowest BCUT2D eigenvalue weighted by Crippen LogP contribution is -2.49. The predicted octanol–water partition coefficient (Wildman–Crippen LogP) is 2.97. The van der Waals surface area contributed by atoms with E-state index >= 15 is 0 Å². The SMILES string of the molecule is CCNC(=NCCc1cccc(C(=O)N(C)C)c1)N1CCSC(C(C)C)C1. The summed E-state index contributed by atoms with van der Waals surface area (Å²) >= 11 is 2.08. The quantitative estimate of drug-likeness (QED) is 0.599. The molecule has 1 amide bonds. The molecule has 27 heavy (non-hydrogen) atoms. The number of amides is 1. The predicted molar refractivity (Wildman–Crippen MR) is 117 cm³/mol. The fourth-order valence-corrected chi connectivity index (χ4v) is 4.40. The number of aliphatic imine (C=N–C) groups is 1. The summed E-state index contributed by atoms with van der Waals surface area (Å²) in [5.74, 6) is 2.89. The van der Waals surface area contributed by atoms with Crippen LogP contribution in [0.25, 0.3) is 0 Å². The first kappa shape index (κ1) is 21.6. The molecule has 0 aliphatic carbocycles. The van der Waals surface area contributed by atoms with Crippen LogP contribution in [0.2, 0.25) is 0 Å². The fraction of sp³-hybridized carbons (Fsp3) is 0.619. The van der Waals surface area contributed by atoms with Gasteiger partial charge in [-0.25, -0.2) is 0 Å². The Morgan fingerprint density at radius 3 is 2.85 bits per heavy atom. The van der Waals surface area contributed by atoms with Gasteiger partial charge in [0, 0.05) is 56.8 Å². The van der Waals surface area contributed by atoms with E-state index < -0.39 is 0 Å². The van der Waals surface area contributed by atoms with E-state index in [-0.39, 0.29) is 5.91 Å². The Morgan fingerprint density at radius 2 is 2.19 bits per heavy atom. The molecule has 150 valence electrons. The number of guanidine groups is 1. The topological polar surface area (TPSA) is 47.9 Å². The van der Waals surface area contributed by atoms with Crippen LogP contribution in [0.5, 0.6) is 0 Å². The molecule has 1 atom stereocenters. The third-order valence-electron chi connectivity index (χ3n) is 4.71. The molecule has 1 aliphatic heterocycles. The molecule has 0 bridgehead atoms. The summed E-state index contributed by atoms with van der Waals surface area (Å²) in [7, 11) is 3.56. The molecule has 1 aromatic carbocycles. The van der Waals surface area contributed by atoms with Crippen molar-refractivity contribution in [3.63, 3.8) is 0 Å². The number of nitrogens with zero attached hydrogens (tertiary/aromatic N) is 3. The molecular formula is C21H34N4OS. The van der Waals surface area contributed by atoms with E-state index in [1.807, 2.05) is 18.2 Å². The number of nitrogens with one attached hydrogen (secondary N) is 1. The molecule has 5 nitrogen and oxygen atoms in total. The molecule has 1 fully saturated rings. The number of carbonyl (C=O) groups excluding carboxylic acids is 1. The Bertz CT molecular complexity index is 645. The maximum Gasteiger partial charge on any atom is 0.253 e. The molecule has 0 spiro atoms. The first-order valence-electron chi connectivity index (χ1n) is 9.87. The van der Waals surface area contributed by atoms with Gasteiger partial charge >= 0.3 is 0 Å². The van der Waals surface area contributed by atoms with Gasteiger partial charge in [0.05, 0.1) is 0 Å². The maximum atomic E-state index is 12.1. The van der Waals surface area contributed by atoms with Gasteiger partial charge in [-0.05, 0) is 37.0 Å². The zero-order valence-corrected chi connectivity index (χ0v) is 18.2. The van der Waals surface area contributed by atoms with Gasteiger partial charge in [0.2, 0.25) is 0 Å². The van der Waals surface area contributed by atoms with Crippen LogP contribution in [-0.2, 0) is 6.42 Å². The van der Waals surface area contributed by atoms with Crippen molar-refractivity contribution in [2.75, 3.05) is 46.0 Å². The highest BCUT2D eigenvalue weighted by molar-refractivity contribution is 8.00. The minimum atomic E-state index is 0.0410. The number of hydrogen-bond acceptors (Lipinski definition) is 3. The van der Waals surface area contributed by atoms with Crippen molar-refractivity contribution >= 4 is 23.6 Å². The van der Waals surface area contributed by atoms with E-state index in [0.717, 1.165) is 55.4 Å². The van der Waals surface area contributed by atoms with Gasteiger partial charge in [0.25, 0.3) is 5.91 Å². The molecule has 0 aromatic heterocycles. The largest absolute Gasteiger partial charge is 0.357 e. The molecule has 1 heterocycles. The van der Waals surface area contributed by atoms with E-state index in [0.29, 0.717) is 11.2 Å². The highest BCUT2D eigenvalue weighted by Gasteiger charge is 2.24. The van der Waals surface area contributed by atoms with Gasteiger partial charge < -0.3 is 15.1 Å². The minimum Gasteiger partial charge on any atom is -0.357 e. The summed E-state index contributed by atoms with van der Waals surface area (Å²) in [6.45, 7) is 10.4. The molecule has 1 N–H and O–H groups in total. The number of rotatable bonds is 6. The van der Waals surface area contributed by atoms with Crippen LogP contribution in [0.3, 0.4) is 0 Å². The van der Waals surface area contributed by atoms with Gasteiger partial charge in [-0.3, -0.25) is 9.79 Å². The Hall–Kier alpha value is -1.69. The minimum absolute atomic E-state index is 0.0410. The summed E-state index contributed by atoms with van der Waals surface area (Å²) in [6, 6.07) is 7.88. The summed E-state index contributed by atoms with van der Waals surface area (Å²) in [5.41, 5.74) is 1.89. The Balaban J connectivity index is 2.01. The summed E-state index contributed by atoms with van der Waals surface area (Å²) in [5, 5.41) is 4.11. The van der Waals surface area contributed by atoms with Crippen molar-refractivity contribution < 1.29 is 4.79 Å². The molecule has 0 radical (unpaired) electrons. The number of thioether (sulfide) groups is 1. The lowest BCUT2D eigenvalue weighted by molar-refractivity contribution is 0.0827. The molecular weight excluding hydrogens is 356 g/mol. The average molecular weight is 391 g/mol. The van der Waals surface area contributed by atoms with Crippen LogP contribution in [0.4, 0.5) is 0 Å². The lowest BCUT2D eigenvalue weighted by Gasteiger charge is -2.36. The molecule has 0 saturated carbocycles. The smallest absolute Gasteiger partial charge is 0.253 e. The molecule has 1 saturated heterocycles.